The minimum Gasteiger partial charge on any atom is -0.328 e. The maximum Gasteiger partial charge on any atom is 0.168 e. The van der Waals surface area contributed by atoms with E-state index in [-0.39, 0.29) is 0 Å². The first-order valence-electron chi connectivity index (χ1n) is 6.19. The molecule has 0 saturated heterocycles. The van der Waals surface area contributed by atoms with E-state index in [4.69, 9.17) is 0 Å². The lowest BCUT2D eigenvalue weighted by Gasteiger charge is -2.05. The highest BCUT2D eigenvalue weighted by molar-refractivity contribution is 5.71. The van der Waals surface area contributed by atoms with Crippen LogP contribution in [0.15, 0.2) is 12.5 Å². The highest BCUT2D eigenvalue weighted by Gasteiger charge is 1.99. The number of nitrogens with zero attached hydrogens (tertiary/aromatic N) is 2. The zero-order valence-electron chi connectivity index (χ0n) is 10.4. The molecule has 0 aliphatic carbocycles. The fourth-order valence-corrected chi connectivity index (χ4v) is 1.80. The van der Waals surface area contributed by atoms with E-state index in [1.807, 2.05) is 4.57 Å². The minimum atomic E-state index is 0.683. The molecule has 0 N–H and O–H groups in total. The highest BCUT2D eigenvalue weighted by Crippen LogP contribution is 2.10. The maximum absolute atomic E-state index is 10.6. The van der Waals surface area contributed by atoms with Crippen LogP contribution in [0.3, 0.4) is 0 Å². The molecule has 0 spiro atoms. The van der Waals surface area contributed by atoms with Gasteiger partial charge in [0.2, 0.25) is 0 Å². The average molecular weight is 222 g/mol. The standard InChI is InChI=1S/C13H22N2O/c1-12(2)7-5-3-4-6-8-15-11-14-9-13(15)10-16/h9-12H,3-8H2,1-2H3. The van der Waals surface area contributed by atoms with E-state index in [0.29, 0.717) is 5.69 Å². The molecule has 0 aliphatic heterocycles. The number of carbonyl (C=O) groups excluding carboxylic acids is 1. The van der Waals surface area contributed by atoms with Crippen molar-refractivity contribution in [2.45, 2.75) is 52.5 Å². The van der Waals surface area contributed by atoms with Crippen molar-refractivity contribution in [1.82, 2.24) is 9.55 Å². The van der Waals surface area contributed by atoms with Gasteiger partial charge in [-0.15, -0.1) is 0 Å². The van der Waals surface area contributed by atoms with E-state index in [0.717, 1.165) is 25.2 Å². The molecule has 0 fully saturated rings. The fraction of sp³-hybridized carbons (Fsp3) is 0.692. The summed E-state index contributed by atoms with van der Waals surface area (Å²) in [6.07, 6.45) is 10.5. The summed E-state index contributed by atoms with van der Waals surface area (Å²) in [4.78, 5) is 14.6. The Labute approximate surface area is 97.9 Å². The van der Waals surface area contributed by atoms with Crippen LogP contribution in [-0.2, 0) is 6.54 Å². The third kappa shape index (κ3) is 4.60. The number of hydrogen-bond acceptors (Lipinski definition) is 2. The van der Waals surface area contributed by atoms with Crippen LogP contribution < -0.4 is 0 Å². The van der Waals surface area contributed by atoms with Gasteiger partial charge in [-0.2, -0.15) is 0 Å². The first-order chi connectivity index (χ1) is 7.74. The number of imidazole rings is 1. The van der Waals surface area contributed by atoms with Crippen molar-refractivity contribution in [3.8, 4) is 0 Å². The Morgan fingerprint density at radius 1 is 1.31 bits per heavy atom. The highest BCUT2D eigenvalue weighted by atomic mass is 16.1. The Kier molecular flexibility index (Phi) is 5.83. The lowest BCUT2D eigenvalue weighted by atomic mass is 10.0. The third-order valence-electron chi connectivity index (χ3n) is 2.80. The van der Waals surface area contributed by atoms with Crippen LogP contribution in [0.1, 0.15) is 56.4 Å². The number of aldehydes is 1. The number of hydrogen-bond donors (Lipinski definition) is 0. The smallest absolute Gasteiger partial charge is 0.168 e. The van der Waals surface area contributed by atoms with Crippen LogP contribution in [0.2, 0.25) is 0 Å². The van der Waals surface area contributed by atoms with Crippen molar-refractivity contribution in [2.75, 3.05) is 0 Å². The van der Waals surface area contributed by atoms with Gasteiger partial charge in [0.25, 0.3) is 0 Å². The summed E-state index contributed by atoms with van der Waals surface area (Å²) in [6, 6.07) is 0. The molecule has 1 aromatic rings. The molecule has 1 aromatic heterocycles. The average Bonchev–Trinajstić information content (AvgIpc) is 2.70. The molecule has 0 saturated carbocycles. The Balaban J connectivity index is 2.09. The summed E-state index contributed by atoms with van der Waals surface area (Å²) >= 11 is 0. The van der Waals surface area contributed by atoms with Crippen LogP contribution >= 0.6 is 0 Å². The van der Waals surface area contributed by atoms with E-state index in [1.165, 1.54) is 25.7 Å². The van der Waals surface area contributed by atoms with Crippen LogP contribution in [0, 0.1) is 5.92 Å². The lowest BCUT2D eigenvalue weighted by Crippen LogP contribution is -2.00. The quantitative estimate of drug-likeness (QED) is 0.499. The third-order valence-corrected chi connectivity index (χ3v) is 2.80. The zero-order valence-corrected chi connectivity index (χ0v) is 10.4. The molecule has 0 radical (unpaired) electrons. The monoisotopic (exact) mass is 222 g/mol. The molecule has 0 aromatic carbocycles. The summed E-state index contributed by atoms with van der Waals surface area (Å²) in [6.45, 7) is 5.44. The van der Waals surface area contributed by atoms with Gasteiger partial charge in [-0.05, 0) is 12.3 Å². The van der Waals surface area contributed by atoms with Crippen LogP contribution in [0.25, 0.3) is 0 Å². The molecule has 0 atom stereocenters. The zero-order chi connectivity index (χ0) is 11.8. The largest absolute Gasteiger partial charge is 0.328 e. The molecule has 0 aliphatic rings. The molecule has 1 heterocycles. The second-order valence-corrected chi connectivity index (χ2v) is 4.73. The van der Waals surface area contributed by atoms with Crippen LogP contribution in [0.5, 0.6) is 0 Å². The first-order valence-corrected chi connectivity index (χ1v) is 6.19. The van der Waals surface area contributed by atoms with Crippen molar-refractivity contribution in [1.29, 1.82) is 0 Å². The molecule has 0 unspecified atom stereocenters. The summed E-state index contributed by atoms with van der Waals surface area (Å²) < 4.78 is 1.93. The second kappa shape index (κ2) is 7.20. The topological polar surface area (TPSA) is 34.9 Å². The number of rotatable bonds is 8. The van der Waals surface area contributed by atoms with E-state index in [9.17, 15) is 4.79 Å². The Hall–Kier alpha value is -1.12. The first kappa shape index (κ1) is 12.9. The summed E-state index contributed by atoms with van der Waals surface area (Å²) in [5, 5.41) is 0. The fourth-order valence-electron chi connectivity index (χ4n) is 1.80. The van der Waals surface area contributed by atoms with Crippen LogP contribution in [-0.4, -0.2) is 15.8 Å². The van der Waals surface area contributed by atoms with E-state index < -0.39 is 0 Å². The van der Waals surface area contributed by atoms with Crippen molar-refractivity contribution in [3.05, 3.63) is 18.2 Å². The number of aromatic nitrogens is 2. The van der Waals surface area contributed by atoms with Gasteiger partial charge in [0.1, 0.15) is 5.69 Å². The lowest BCUT2D eigenvalue weighted by molar-refractivity contribution is 0.111. The molecule has 3 heteroatoms. The molecule has 3 nitrogen and oxygen atoms in total. The summed E-state index contributed by atoms with van der Waals surface area (Å²) in [5.74, 6) is 0.815. The Morgan fingerprint density at radius 2 is 2.06 bits per heavy atom. The molecule has 0 amide bonds. The van der Waals surface area contributed by atoms with Crippen LogP contribution in [0.4, 0.5) is 0 Å². The Bertz CT molecular complexity index is 305. The van der Waals surface area contributed by atoms with Crippen molar-refractivity contribution >= 4 is 6.29 Å². The van der Waals surface area contributed by atoms with E-state index >= 15 is 0 Å². The van der Waals surface area contributed by atoms with Gasteiger partial charge in [0.15, 0.2) is 6.29 Å². The van der Waals surface area contributed by atoms with Gasteiger partial charge < -0.3 is 4.57 Å². The van der Waals surface area contributed by atoms with Crippen molar-refractivity contribution < 1.29 is 4.79 Å². The predicted molar refractivity (Wildman–Crippen MR) is 65.5 cm³/mol. The summed E-state index contributed by atoms with van der Waals surface area (Å²) in [7, 11) is 0. The van der Waals surface area contributed by atoms with Gasteiger partial charge in [0, 0.05) is 6.54 Å². The second-order valence-electron chi connectivity index (χ2n) is 4.73. The van der Waals surface area contributed by atoms with Crippen molar-refractivity contribution in [3.63, 3.8) is 0 Å². The molecule has 90 valence electrons. The number of aryl methyl sites for hydroxylation is 1. The molecule has 1 rings (SSSR count). The molecular formula is C13H22N2O. The Morgan fingerprint density at radius 3 is 2.75 bits per heavy atom. The van der Waals surface area contributed by atoms with E-state index in [2.05, 4.69) is 18.8 Å². The molecule has 16 heavy (non-hydrogen) atoms. The van der Waals surface area contributed by atoms with Gasteiger partial charge in [0.05, 0.1) is 12.5 Å². The van der Waals surface area contributed by atoms with E-state index in [1.54, 1.807) is 12.5 Å². The summed E-state index contributed by atoms with van der Waals surface area (Å²) in [5.41, 5.74) is 0.683. The maximum atomic E-state index is 10.6. The van der Waals surface area contributed by atoms with Gasteiger partial charge in [-0.1, -0.05) is 39.5 Å². The molecular weight excluding hydrogens is 200 g/mol. The normalized spacial score (nSPS) is 10.9. The van der Waals surface area contributed by atoms with Crippen molar-refractivity contribution in [2.24, 2.45) is 5.92 Å². The number of carbonyl (C=O) groups is 1. The predicted octanol–water partition coefficient (Wildman–Crippen LogP) is 3.30. The number of unbranched alkanes of at least 4 members (excludes halogenated alkanes) is 3. The van der Waals surface area contributed by atoms with Gasteiger partial charge >= 0.3 is 0 Å². The SMILES string of the molecule is CC(C)CCCCCCn1cncc1C=O. The van der Waals surface area contributed by atoms with Gasteiger partial charge in [-0.3, -0.25) is 4.79 Å². The van der Waals surface area contributed by atoms with Gasteiger partial charge in [-0.25, -0.2) is 4.98 Å². The minimum absolute atomic E-state index is 0.683. The molecule has 0 bridgehead atoms.